The van der Waals surface area contributed by atoms with E-state index in [9.17, 15) is 4.79 Å². The minimum absolute atomic E-state index is 0.00537. The standard InChI is InChI=1S/C9H12O3S/c1-3-6(2)13-8-5-4-7(12-8)9(10)11/h4-6H,3H2,1-2H3,(H,10,11). The normalized spacial score (nSPS) is 12.8. The molecular formula is C9H12O3S. The molecule has 13 heavy (non-hydrogen) atoms. The van der Waals surface area contributed by atoms with Crippen molar-refractivity contribution in [2.24, 2.45) is 0 Å². The van der Waals surface area contributed by atoms with E-state index in [1.807, 2.05) is 0 Å². The quantitative estimate of drug-likeness (QED) is 0.759. The Morgan fingerprint density at radius 2 is 2.38 bits per heavy atom. The molecule has 0 aliphatic carbocycles. The van der Waals surface area contributed by atoms with Crippen LogP contribution in [0.3, 0.4) is 0 Å². The smallest absolute Gasteiger partial charge is 0.371 e. The highest BCUT2D eigenvalue weighted by molar-refractivity contribution is 7.99. The summed E-state index contributed by atoms with van der Waals surface area (Å²) in [6.07, 6.45) is 1.04. The molecule has 0 aliphatic heterocycles. The predicted octanol–water partition coefficient (Wildman–Crippen LogP) is 2.87. The topological polar surface area (TPSA) is 50.4 Å². The molecule has 0 amide bonds. The summed E-state index contributed by atoms with van der Waals surface area (Å²) < 4.78 is 5.08. The molecule has 1 N–H and O–H groups in total. The van der Waals surface area contributed by atoms with E-state index in [4.69, 9.17) is 9.52 Å². The van der Waals surface area contributed by atoms with Crippen LogP contribution in [0.15, 0.2) is 21.6 Å². The van der Waals surface area contributed by atoms with Crippen LogP contribution in [-0.4, -0.2) is 16.3 Å². The van der Waals surface area contributed by atoms with Crippen LogP contribution in [-0.2, 0) is 0 Å². The molecule has 0 aromatic carbocycles. The van der Waals surface area contributed by atoms with Crippen LogP contribution < -0.4 is 0 Å². The Morgan fingerprint density at radius 3 is 2.85 bits per heavy atom. The molecule has 4 heteroatoms. The van der Waals surface area contributed by atoms with Crippen molar-refractivity contribution in [3.8, 4) is 0 Å². The maximum Gasteiger partial charge on any atom is 0.371 e. The fraction of sp³-hybridized carbons (Fsp3) is 0.444. The Hall–Kier alpha value is -0.900. The number of carbonyl (C=O) groups is 1. The third-order valence-electron chi connectivity index (χ3n) is 1.68. The molecule has 1 aromatic rings. The molecule has 0 radical (unpaired) electrons. The van der Waals surface area contributed by atoms with Crippen molar-refractivity contribution in [3.63, 3.8) is 0 Å². The molecule has 1 rings (SSSR count). The fourth-order valence-corrected chi connectivity index (χ4v) is 1.63. The number of aromatic carboxylic acids is 1. The highest BCUT2D eigenvalue weighted by Gasteiger charge is 2.10. The first kappa shape index (κ1) is 10.2. The Labute approximate surface area is 81.1 Å². The minimum Gasteiger partial charge on any atom is -0.475 e. The number of thioether (sulfide) groups is 1. The van der Waals surface area contributed by atoms with Crippen molar-refractivity contribution in [1.29, 1.82) is 0 Å². The van der Waals surface area contributed by atoms with Gasteiger partial charge in [-0.3, -0.25) is 0 Å². The Kier molecular flexibility index (Phi) is 3.42. The Balaban J connectivity index is 2.64. The molecule has 0 saturated carbocycles. The molecule has 0 aliphatic rings. The third-order valence-corrected chi connectivity index (χ3v) is 2.87. The lowest BCUT2D eigenvalue weighted by Crippen LogP contribution is -1.92. The van der Waals surface area contributed by atoms with Gasteiger partial charge in [-0.15, -0.1) is 0 Å². The molecular weight excluding hydrogens is 188 g/mol. The van der Waals surface area contributed by atoms with Gasteiger partial charge < -0.3 is 9.52 Å². The third kappa shape index (κ3) is 2.81. The van der Waals surface area contributed by atoms with E-state index in [0.717, 1.165) is 6.42 Å². The van der Waals surface area contributed by atoms with Gasteiger partial charge in [-0.1, -0.05) is 25.6 Å². The average Bonchev–Trinajstić information content (AvgIpc) is 2.52. The fourth-order valence-electron chi connectivity index (χ4n) is 0.780. The second kappa shape index (κ2) is 4.37. The average molecular weight is 200 g/mol. The molecule has 0 spiro atoms. The summed E-state index contributed by atoms with van der Waals surface area (Å²) in [5, 5.41) is 9.71. The largest absolute Gasteiger partial charge is 0.475 e. The van der Waals surface area contributed by atoms with E-state index >= 15 is 0 Å². The zero-order chi connectivity index (χ0) is 9.84. The van der Waals surface area contributed by atoms with Gasteiger partial charge in [0.1, 0.15) is 0 Å². The van der Waals surface area contributed by atoms with Gasteiger partial charge in [-0.05, 0) is 18.6 Å². The summed E-state index contributed by atoms with van der Waals surface area (Å²) in [6.45, 7) is 4.16. The predicted molar refractivity (Wildman–Crippen MR) is 51.3 cm³/mol. The van der Waals surface area contributed by atoms with Crippen molar-refractivity contribution in [2.45, 2.75) is 30.6 Å². The zero-order valence-corrected chi connectivity index (χ0v) is 8.43. The lowest BCUT2D eigenvalue weighted by Gasteiger charge is -2.03. The van der Waals surface area contributed by atoms with Gasteiger partial charge in [0.05, 0.1) is 0 Å². The first-order chi connectivity index (χ1) is 6.13. The number of carboxylic acids is 1. The molecule has 0 saturated heterocycles. The highest BCUT2D eigenvalue weighted by atomic mass is 32.2. The second-order valence-electron chi connectivity index (χ2n) is 2.76. The highest BCUT2D eigenvalue weighted by Crippen LogP contribution is 2.26. The van der Waals surface area contributed by atoms with Crippen LogP contribution in [0.5, 0.6) is 0 Å². The summed E-state index contributed by atoms with van der Waals surface area (Å²) in [6, 6.07) is 3.17. The van der Waals surface area contributed by atoms with E-state index in [2.05, 4.69) is 13.8 Å². The van der Waals surface area contributed by atoms with Gasteiger partial charge in [-0.2, -0.15) is 0 Å². The van der Waals surface area contributed by atoms with Gasteiger partial charge in [0, 0.05) is 5.25 Å². The van der Waals surface area contributed by atoms with Crippen molar-refractivity contribution >= 4 is 17.7 Å². The van der Waals surface area contributed by atoms with Crippen molar-refractivity contribution in [1.82, 2.24) is 0 Å². The number of furan rings is 1. The van der Waals surface area contributed by atoms with E-state index in [1.54, 1.807) is 17.8 Å². The molecule has 1 unspecified atom stereocenters. The van der Waals surface area contributed by atoms with Gasteiger partial charge >= 0.3 is 5.97 Å². The summed E-state index contributed by atoms with van der Waals surface area (Å²) in [5.41, 5.74) is 0. The first-order valence-electron chi connectivity index (χ1n) is 4.13. The van der Waals surface area contributed by atoms with E-state index in [1.165, 1.54) is 6.07 Å². The zero-order valence-electron chi connectivity index (χ0n) is 7.61. The molecule has 72 valence electrons. The van der Waals surface area contributed by atoms with Crippen molar-refractivity contribution in [2.75, 3.05) is 0 Å². The molecule has 1 aromatic heterocycles. The maximum absolute atomic E-state index is 10.5. The van der Waals surface area contributed by atoms with Crippen LogP contribution in [0.4, 0.5) is 0 Å². The molecule has 3 nitrogen and oxygen atoms in total. The van der Waals surface area contributed by atoms with E-state index in [-0.39, 0.29) is 5.76 Å². The van der Waals surface area contributed by atoms with Gasteiger partial charge in [-0.25, -0.2) is 4.79 Å². The number of carboxylic acid groups (broad SMARTS) is 1. The second-order valence-corrected chi connectivity index (χ2v) is 4.20. The maximum atomic E-state index is 10.5. The molecule has 0 bridgehead atoms. The summed E-state index contributed by atoms with van der Waals surface area (Å²) in [5.74, 6) is -1.01. The lowest BCUT2D eigenvalue weighted by molar-refractivity contribution is 0.0656. The van der Waals surface area contributed by atoms with Gasteiger partial charge in [0.15, 0.2) is 5.09 Å². The van der Waals surface area contributed by atoms with Crippen molar-refractivity contribution in [3.05, 3.63) is 17.9 Å². The summed E-state index contributed by atoms with van der Waals surface area (Å²) in [7, 11) is 0. The van der Waals surface area contributed by atoms with E-state index in [0.29, 0.717) is 10.3 Å². The number of hydrogen-bond donors (Lipinski definition) is 1. The lowest BCUT2D eigenvalue weighted by atomic mass is 10.4. The number of rotatable bonds is 4. The minimum atomic E-state index is -1.02. The van der Waals surface area contributed by atoms with Gasteiger partial charge in [0.25, 0.3) is 0 Å². The van der Waals surface area contributed by atoms with E-state index < -0.39 is 5.97 Å². The molecule has 1 heterocycles. The Bertz CT molecular complexity index is 293. The van der Waals surface area contributed by atoms with Crippen LogP contribution >= 0.6 is 11.8 Å². The molecule has 1 atom stereocenters. The summed E-state index contributed by atoms with van der Waals surface area (Å²) in [4.78, 5) is 10.5. The van der Waals surface area contributed by atoms with Crippen LogP contribution in [0.1, 0.15) is 30.8 Å². The summed E-state index contributed by atoms with van der Waals surface area (Å²) >= 11 is 1.55. The van der Waals surface area contributed by atoms with Crippen LogP contribution in [0.25, 0.3) is 0 Å². The van der Waals surface area contributed by atoms with Crippen LogP contribution in [0.2, 0.25) is 0 Å². The van der Waals surface area contributed by atoms with Gasteiger partial charge in [0.2, 0.25) is 5.76 Å². The molecule has 0 fully saturated rings. The number of hydrogen-bond acceptors (Lipinski definition) is 3. The van der Waals surface area contributed by atoms with Crippen LogP contribution in [0, 0.1) is 0 Å². The first-order valence-corrected chi connectivity index (χ1v) is 5.01. The SMILES string of the molecule is CCC(C)Sc1ccc(C(=O)O)o1. The van der Waals surface area contributed by atoms with Crippen molar-refractivity contribution < 1.29 is 14.3 Å². The Morgan fingerprint density at radius 1 is 1.69 bits per heavy atom. The monoisotopic (exact) mass is 200 g/mol.